The summed E-state index contributed by atoms with van der Waals surface area (Å²) >= 11 is 1.80. The summed E-state index contributed by atoms with van der Waals surface area (Å²) in [5, 5.41) is 4.83. The Morgan fingerprint density at radius 3 is 2.65 bits per heavy atom. The molecular weight excluding hydrogens is 308 g/mol. The number of carbonyl (C=O) groups is 1. The molecule has 0 fully saturated rings. The van der Waals surface area contributed by atoms with Crippen LogP contribution in [0.5, 0.6) is 5.75 Å². The summed E-state index contributed by atoms with van der Waals surface area (Å²) in [7, 11) is 0. The minimum absolute atomic E-state index is 0.320. The van der Waals surface area contributed by atoms with Crippen molar-refractivity contribution in [3.63, 3.8) is 0 Å². The maximum atomic E-state index is 11.7. The number of unbranched alkanes of at least 4 members (excludes halogenated alkanes) is 1. The number of hydrogen-bond donors (Lipinski definition) is 2. The Hall–Kier alpha value is -1.85. The Morgan fingerprint density at radius 1 is 1.30 bits per heavy atom. The summed E-state index contributed by atoms with van der Waals surface area (Å²) in [6.07, 6.45) is 3.24. The second-order valence-corrected chi connectivity index (χ2v) is 6.81. The molecule has 0 unspecified atom stereocenters. The lowest BCUT2D eigenvalue weighted by Gasteiger charge is -2.17. The van der Waals surface area contributed by atoms with Gasteiger partial charge in [0.25, 0.3) is 0 Å². The third-order valence-electron chi connectivity index (χ3n) is 3.30. The fourth-order valence-corrected chi connectivity index (χ4v) is 2.71. The smallest absolute Gasteiger partial charge is 0.244 e. The van der Waals surface area contributed by atoms with E-state index in [1.165, 1.54) is 4.88 Å². The average molecular weight is 331 g/mol. The SMILES string of the molecule is [CH2][C@@](C)(N)C(=O)Nc1ccc(OCCCCc2cccs2)cc1. The lowest BCUT2D eigenvalue weighted by Crippen LogP contribution is -2.45. The van der Waals surface area contributed by atoms with Crippen LogP contribution < -0.4 is 15.8 Å². The molecule has 5 heteroatoms. The Balaban J connectivity index is 1.69. The van der Waals surface area contributed by atoms with E-state index in [9.17, 15) is 4.79 Å². The van der Waals surface area contributed by atoms with Crippen molar-refractivity contribution in [3.05, 3.63) is 53.6 Å². The molecule has 0 spiro atoms. The van der Waals surface area contributed by atoms with Crippen molar-refractivity contribution >= 4 is 22.9 Å². The van der Waals surface area contributed by atoms with Crippen LogP contribution in [0.1, 0.15) is 24.6 Å². The number of rotatable bonds is 8. The third-order valence-corrected chi connectivity index (χ3v) is 4.23. The van der Waals surface area contributed by atoms with E-state index in [0.717, 1.165) is 25.0 Å². The highest BCUT2D eigenvalue weighted by Crippen LogP contribution is 2.17. The zero-order valence-corrected chi connectivity index (χ0v) is 14.2. The van der Waals surface area contributed by atoms with Crippen molar-refractivity contribution in [1.82, 2.24) is 0 Å². The molecule has 1 aromatic heterocycles. The first kappa shape index (κ1) is 17.5. The molecule has 0 saturated carbocycles. The summed E-state index contributed by atoms with van der Waals surface area (Å²) in [6, 6.07) is 11.5. The number of thiophene rings is 1. The van der Waals surface area contributed by atoms with Crippen molar-refractivity contribution in [2.45, 2.75) is 31.7 Å². The third kappa shape index (κ3) is 6.04. The van der Waals surface area contributed by atoms with E-state index in [1.54, 1.807) is 30.4 Å². The zero-order valence-electron chi connectivity index (χ0n) is 13.4. The van der Waals surface area contributed by atoms with Crippen LogP contribution in [0.4, 0.5) is 5.69 Å². The van der Waals surface area contributed by atoms with Gasteiger partial charge in [-0.1, -0.05) is 6.07 Å². The second-order valence-electron chi connectivity index (χ2n) is 5.78. The number of hydrogen-bond acceptors (Lipinski definition) is 4. The lowest BCUT2D eigenvalue weighted by molar-refractivity contribution is -0.119. The number of benzene rings is 1. The molecule has 0 saturated heterocycles. The van der Waals surface area contributed by atoms with Crippen LogP contribution in [-0.2, 0) is 11.2 Å². The van der Waals surface area contributed by atoms with Gasteiger partial charge >= 0.3 is 0 Å². The predicted molar refractivity (Wildman–Crippen MR) is 95.8 cm³/mol. The standard InChI is InChI=1S/C18H23N2O2S/c1-18(2,19)17(21)20-14-8-10-15(11-9-14)22-12-4-3-6-16-7-5-13-23-16/h5,7-11,13H,1,3-4,6,12,19H2,2H3,(H,20,21)/t18-/m0/s1. The van der Waals surface area contributed by atoms with E-state index < -0.39 is 5.54 Å². The first-order chi connectivity index (χ1) is 10.9. The molecule has 1 aromatic carbocycles. The van der Waals surface area contributed by atoms with E-state index in [-0.39, 0.29) is 5.91 Å². The Morgan fingerprint density at radius 2 is 2.04 bits per heavy atom. The first-order valence-electron chi connectivity index (χ1n) is 7.66. The van der Waals surface area contributed by atoms with Gasteiger partial charge in [-0.3, -0.25) is 4.79 Å². The molecule has 0 aliphatic rings. The zero-order chi connectivity index (χ0) is 16.7. The van der Waals surface area contributed by atoms with Crippen molar-refractivity contribution in [3.8, 4) is 5.75 Å². The first-order valence-corrected chi connectivity index (χ1v) is 8.54. The largest absolute Gasteiger partial charge is 0.494 e. The predicted octanol–water partition coefficient (Wildman–Crippen LogP) is 3.64. The number of amides is 1. The van der Waals surface area contributed by atoms with Gasteiger partial charge < -0.3 is 15.8 Å². The molecule has 123 valence electrons. The molecule has 23 heavy (non-hydrogen) atoms. The quantitative estimate of drug-likeness (QED) is 0.726. The van der Waals surface area contributed by atoms with E-state index in [0.29, 0.717) is 12.3 Å². The van der Waals surface area contributed by atoms with Crippen molar-refractivity contribution < 1.29 is 9.53 Å². The Kier molecular flexibility index (Phi) is 6.19. The molecular formula is C18H23N2O2S. The summed E-state index contributed by atoms with van der Waals surface area (Å²) < 4.78 is 5.71. The number of nitrogens with two attached hydrogens (primary N) is 1. The van der Waals surface area contributed by atoms with Crippen LogP contribution in [0.3, 0.4) is 0 Å². The Bertz CT molecular complexity index is 601. The molecule has 0 aliphatic heterocycles. The van der Waals surface area contributed by atoms with Gasteiger partial charge in [-0.25, -0.2) is 0 Å². The van der Waals surface area contributed by atoms with E-state index in [1.807, 2.05) is 12.1 Å². The summed E-state index contributed by atoms with van der Waals surface area (Å²) in [6.45, 7) is 5.86. The molecule has 1 radical (unpaired) electrons. The van der Waals surface area contributed by atoms with Crippen molar-refractivity contribution in [2.75, 3.05) is 11.9 Å². The average Bonchev–Trinajstić information content (AvgIpc) is 3.01. The number of nitrogens with one attached hydrogen (secondary N) is 1. The molecule has 0 aliphatic carbocycles. The number of carbonyl (C=O) groups excluding carboxylic acids is 1. The van der Waals surface area contributed by atoms with Crippen molar-refractivity contribution in [2.24, 2.45) is 5.73 Å². The highest BCUT2D eigenvalue weighted by Gasteiger charge is 2.21. The van der Waals surface area contributed by atoms with E-state index in [2.05, 4.69) is 29.8 Å². The molecule has 1 heterocycles. The normalized spacial score (nSPS) is 11.3. The van der Waals surface area contributed by atoms with Crippen LogP contribution in [0.15, 0.2) is 41.8 Å². The van der Waals surface area contributed by atoms with Crippen LogP contribution in [0.2, 0.25) is 0 Å². The lowest BCUT2D eigenvalue weighted by atomic mass is 10.1. The molecule has 2 aromatic rings. The highest BCUT2D eigenvalue weighted by atomic mass is 32.1. The van der Waals surface area contributed by atoms with Crippen LogP contribution >= 0.6 is 11.3 Å². The van der Waals surface area contributed by atoms with Gasteiger partial charge in [0.1, 0.15) is 5.75 Å². The van der Waals surface area contributed by atoms with Gasteiger partial charge in [0.2, 0.25) is 5.91 Å². The van der Waals surface area contributed by atoms with Crippen LogP contribution in [-0.4, -0.2) is 18.1 Å². The fraction of sp³-hybridized carbons (Fsp3) is 0.333. The van der Waals surface area contributed by atoms with E-state index in [4.69, 9.17) is 10.5 Å². The molecule has 3 N–H and O–H groups in total. The van der Waals surface area contributed by atoms with Gasteiger partial charge in [-0.2, -0.15) is 0 Å². The molecule has 1 amide bonds. The van der Waals surface area contributed by atoms with Gasteiger partial charge in [0, 0.05) is 10.6 Å². The van der Waals surface area contributed by atoms with E-state index >= 15 is 0 Å². The number of ether oxygens (including phenoxy) is 1. The number of anilines is 1. The Labute approximate surface area is 141 Å². The molecule has 2 rings (SSSR count). The summed E-state index contributed by atoms with van der Waals surface area (Å²) in [5.41, 5.74) is 5.18. The molecule has 0 bridgehead atoms. The maximum Gasteiger partial charge on any atom is 0.244 e. The minimum atomic E-state index is -1.14. The second kappa shape index (κ2) is 8.13. The van der Waals surface area contributed by atoms with Gasteiger partial charge in [-0.05, 0) is 68.8 Å². The summed E-state index contributed by atoms with van der Waals surface area (Å²) in [5.74, 6) is 0.476. The highest BCUT2D eigenvalue weighted by molar-refractivity contribution is 7.09. The van der Waals surface area contributed by atoms with Gasteiger partial charge in [-0.15, -0.1) is 11.3 Å². The molecule has 4 nitrogen and oxygen atoms in total. The van der Waals surface area contributed by atoms with Crippen molar-refractivity contribution in [1.29, 1.82) is 0 Å². The van der Waals surface area contributed by atoms with Gasteiger partial charge in [0.05, 0.1) is 12.1 Å². The van der Waals surface area contributed by atoms with Crippen LogP contribution in [0.25, 0.3) is 0 Å². The van der Waals surface area contributed by atoms with Crippen LogP contribution in [0, 0.1) is 6.92 Å². The maximum absolute atomic E-state index is 11.7. The monoisotopic (exact) mass is 331 g/mol. The molecule has 1 atom stereocenters. The number of aryl methyl sites for hydroxylation is 1. The van der Waals surface area contributed by atoms with Gasteiger partial charge in [0.15, 0.2) is 0 Å². The summed E-state index contributed by atoms with van der Waals surface area (Å²) in [4.78, 5) is 13.2. The topological polar surface area (TPSA) is 64.4 Å². The fourth-order valence-electron chi connectivity index (χ4n) is 1.95. The minimum Gasteiger partial charge on any atom is -0.494 e.